The highest BCUT2D eigenvalue weighted by Gasteiger charge is 2.28. The van der Waals surface area contributed by atoms with Crippen LogP contribution < -0.4 is 10.1 Å². The molecule has 110 valence electrons. The van der Waals surface area contributed by atoms with Gasteiger partial charge in [0.15, 0.2) is 11.5 Å². The highest BCUT2D eigenvalue weighted by molar-refractivity contribution is 5.81. The Hall–Kier alpha value is -1.75. The van der Waals surface area contributed by atoms with Crippen LogP contribution in [-0.2, 0) is 11.3 Å². The summed E-state index contributed by atoms with van der Waals surface area (Å²) < 4.78 is 5.12. The van der Waals surface area contributed by atoms with E-state index in [1.807, 2.05) is 12.1 Å². The molecule has 0 radical (unpaired) electrons. The molecule has 0 aliphatic carbocycles. The summed E-state index contributed by atoms with van der Waals surface area (Å²) in [5.74, 6) is 0.680. The summed E-state index contributed by atoms with van der Waals surface area (Å²) in [5, 5.41) is 12.9. The molecular formula is C15H22N2O3. The van der Waals surface area contributed by atoms with Gasteiger partial charge in [-0.05, 0) is 25.5 Å². The number of para-hydroxylation sites is 1. The third-order valence-electron chi connectivity index (χ3n) is 3.84. The van der Waals surface area contributed by atoms with Crippen molar-refractivity contribution in [3.8, 4) is 11.5 Å². The maximum absolute atomic E-state index is 11.9. The number of phenolic OH excluding ortho intramolecular Hbond substituents is 1. The molecule has 0 saturated carbocycles. The first-order valence-electron chi connectivity index (χ1n) is 6.98. The van der Waals surface area contributed by atoms with Gasteiger partial charge < -0.3 is 15.2 Å². The number of amides is 1. The molecule has 1 aromatic rings. The standard InChI is InChI=1S/C15H22N2O3/c1-16-15(19)12-7-3-4-9-17(12)10-11-6-5-8-13(20-2)14(11)18/h5-6,8,12,18H,3-4,7,9-10H2,1-2H3,(H,16,19). The van der Waals surface area contributed by atoms with Crippen LogP contribution in [0.25, 0.3) is 0 Å². The van der Waals surface area contributed by atoms with Crippen LogP contribution in [0.15, 0.2) is 18.2 Å². The molecule has 2 N–H and O–H groups in total. The Labute approximate surface area is 119 Å². The lowest BCUT2D eigenvalue weighted by molar-refractivity contribution is -0.127. The van der Waals surface area contributed by atoms with Crippen molar-refractivity contribution in [1.82, 2.24) is 10.2 Å². The number of hydrogen-bond donors (Lipinski definition) is 2. The molecule has 1 fully saturated rings. The van der Waals surface area contributed by atoms with Crippen molar-refractivity contribution < 1.29 is 14.6 Å². The third-order valence-corrected chi connectivity index (χ3v) is 3.84. The highest BCUT2D eigenvalue weighted by Crippen LogP contribution is 2.31. The van der Waals surface area contributed by atoms with Crippen LogP contribution in [0.5, 0.6) is 11.5 Å². The van der Waals surface area contributed by atoms with Gasteiger partial charge in [-0.25, -0.2) is 0 Å². The Morgan fingerprint density at radius 3 is 3.00 bits per heavy atom. The Kier molecular flexibility index (Phi) is 4.84. The molecule has 1 saturated heterocycles. The largest absolute Gasteiger partial charge is 0.504 e. The second-order valence-corrected chi connectivity index (χ2v) is 5.06. The van der Waals surface area contributed by atoms with E-state index in [1.165, 1.54) is 7.11 Å². The van der Waals surface area contributed by atoms with E-state index in [-0.39, 0.29) is 17.7 Å². The summed E-state index contributed by atoms with van der Waals surface area (Å²) in [5.41, 5.74) is 0.792. The van der Waals surface area contributed by atoms with Crippen molar-refractivity contribution in [2.75, 3.05) is 20.7 Å². The maximum atomic E-state index is 11.9. The van der Waals surface area contributed by atoms with Crippen molar-refractivity contribution in [3.63, 3.8) is 0 Å². The predicted molar refractivity (Wildman–Crippen MR) is 76.8 cm³/mol. The molecule has 1 heterocycles. The molecule has 0 bridgehead atoms. The number of likely N-dealkylation sites (N-methyl/N-ethyl adjacent to an activating group) is 1. The van der Waals surface area contributed by atoms with Crippen molar-refractivity contribution in [2.45, 2.75) is 31.8 Å². The molecule has 1 aliphatic heterocycles. The normalized spacial score (nSPS) is 19.6. The molecule has 1 aromatic carbocycles. The van der Waals surface area contributed by atoms with E-state index in [1.54, 1.807) is 13.1 Å². The highest BCUT2D eigenvalue weighted by atomic mass is 16.5. The van der Waals surface area contributed by atoms with Crippen LogP contribution in [0, 0.1) is 0 Å². The monoisotopic (exact) mass is 278 g/mol. The molecule has 5 heteroatoms. The summed E-state index contributed by atoms with van der Waals surface area (Å²) in [7, 11) is 3.20. The van der Waals surface area contributed by atoms with Crippen molar-refractivity contribution in [2.24, 2.45) is 0 Å². The Bertz CT molecular complexity index is 476. The fraction of sp³-hybridized carbons (Fsp3) is 0.533. The molecule has 1 amide bonds. The van der Waals surface area contributed by atoms with Gasteiger partial charge in [0.25, 0.3) is 0 Å². The molecule has 20 heavy (non-hydrogen) atoms. The number of nitrogens with one attached hydrogen (secondary N) is 1. The predicted octanol–water partition coefficient (Wildman–Crippen LogP) is 1.50. The third kappa shape index (κ3) is 3.04. The number of piperidine rings is 1. The minimum absolute atomic E-state index is 0.0482. The lowest BCUT2D eigenvalue weighted by atomic mass is 10.00. The van der Waals surface area contributed by atoms with Gasteiger partial charge in [0.05, 0.1) is 13.2 Å². The number of nitrogens with zero attached hydrogens (tertiary/aromatic N) is 1. The first-order chi connectivity index (χ1) is 9.67. The number of phenols is 1. The van der Waals surface area contributed by atoms with Gasteiger partial charge in [0.1, 0.15) is 0 Å². The van der Waals surface area contributed by atoms with E-state index in [0.29, 0.717) is 12.3 Å². The van der Waals surface area contributed by atoms with Crippen LogP contribution in [0.3, 0.4) is 0 Å². The number of methoxy groups -OCH3 is 1. The molecule has 1 aliphatic rings. The SMILES string of the molecule is CNC(=O)C1CCCCN1Cc1cccc(OC)c1O. The zero-order valence-corrected chi connectivity index (χ0v) is 12.1. The van der Waals surface area contributed by atoms with E-state index in [0.717, 1.165) is 31.4 Å². The van der Waals surface area contributed by atoms with E-state index in [4.69, 9.17) is 4.74 Å². The molecule has 2 rings (SSSR count). The second-order valence-electron chi connectivity index (χ2n) is 5.06. The lowest BCUT2D eigenvalue weighted by Crippen LogP contribution is -2.48. The smallest absolute Gasteiger partial charge is 0.237 e. The zero-order chi connectivity index (χ0) is 14.5. The molecule has 0 spiro atoms. The minimum atomic E-state index is -0.112. The van der Waals surface area contributed by atoms with Gasteiger partial charge in [-0.3, -0.25) is 9.69 Å². The molecule has 0 aromatic heterocycles. The topological polar surface area (TPSA) is 61.8 Å². The number of hydrogen-bond acceptors (Lipinski definition) is 4. The van der Waals surface area contributed by atoms with E-state index in [2.05, 4.69) is 10.2 Å². The van der Waals surface area contributed by atoms with Crippen LogP contribution in [0.2, 0.25) is 0 Å². The fourth-order valence-corrected chi connectivity index (χ4v) is 2.72. The van der Waals surface area contributed by atoms with Crippen molar-refractivity contribution >= 4 is 5.91 Å². The first-order valence-corrected chi connectivity index (χ1v) is 6.98. The van der Waals surface area contributed by atoms with Crippen LogP contribution in [0.1, 0.15) is 24.8 Å². The average Bonchev–Trinajstić information content (AvgIpc) is 2.49. The summed E-state index contributed by atoms with van der Waals surface area (Å²) in [6.07, 6.45) is 3.02. The van der Waals surface area contributed by atoms with E-state index >= 15 is 0 Å². The number of carbonyl (C=O) groups excluding carboxylic acids is 1. The summed E-state index contributed by atoms with van der Waals surface area (Å²) >= 11 is 0. The van der Waals surface area contributed by atoms with Gasteiger partial charge in [0.2, 0.25) is 5.91 Å². The quantitative estimate of drug-likeness (QED) is 0.876. The summed E-state index contributed by atoms with van der Waals surface area (Å²) in [6.45, 7) is 1.43. The van der Waals surface area contributed by atoms with Gasteiger partial charge in [-0.2, -0.15) is 0 Å². The van der Waals surface area contributed by atoms with E-state index < -0.39 is 0 Å². The maximum Gasteiger partial charge on any atom is 0.237 e. The number of aromatic hydroxyl groups is 1. The molecular weight excluding hydrogens is 256 g/mol. The minimum Gasteiger partial charge on any atom is -0.504 e. The first kappa shape index (κ1) is 14.7. The summed E-state index contributed by atoms with van der Waals surface area (Å²) in [4.78, 5) is 14.1. The number of rotatable bonds is 4. The van der Waals surface area contributed by atoms with Crippen molar-refractivity contribution in [1.29, 1.82) is 0 Å². The Morgan fingerprint density at radius 2 is 2.30 bits per heavy atom. The van der Waals surface area contributed by atoms with Gasteiger partial charge in [0, 0.05) is 19.2 Å². The van der Waals surface area contributed by atoms with Crippen LogP contribution in [0.4, 0.5) is 0 Å². The van der Waals surface area contributed by atoms with Gasteiger partial charge in [-0.1, -0.05) is 18.6 Å². The Morgan fingerprint density at radius 1 is 1.50 bits per heavy atom. The molecule has 1 atom stereocenters. The Balaban J connectivity index is 2.16. The van der Waals surface area contributed by atoms with E-state index in [9.17, 15) is 9.90 Å². The average molecular weight is 278 g/mol. The second kappa shape index (κ2) is 6.61. The fourth-order valence-electron chi connectivity index (χ4n) is 2.72. The number of likely N-dealkylation sites (tertiary alicyclic amines) is 1. The molecule has 1 unspecified atom stereocenters. The van der Waals surface area contributed by atoms with Crippen molar-refractivity contribution in [3.05, 3.63) is 23.8 Å². The van der Waals surface area contributed by atoms with Crippen LogP contribution >= 0.6 is 0 Å². The lowest BCUT2D eigenvalue weighted by Gasteiger charge is -2.34. The number of carbonyl (C=O) groups is 1. The van der Waals surface area contributed by atoms with Gasteiger partial charge >= 0.3 is 0 Å². The van der Waals surface area contributed by atoms with Gasteiger partial charge in [-0.15, -0.1) is 0 Å². The van der Waals surface area contributed by atoms with Crippen LogP contribution in [-0.4, -0.2) is 42.7 Å². The molecule has 5 nitrogen and oxygen atoms in total. The number of benzene rings is 1. The zero-order valence-electron chi connectivity index (χ0n) is 12.1. The summed E-state index contributed by atoms with van der Waals surface area (Å²) in [6, 6.07) is 5.34. The number of ether oxygens (including phenoxy) is 1.